The Kier molecular flexibility index (Phi) is 6.60. The van der Waals surface area contributed by atoms with Crippen molar-refractivity contribution >= 4 is 22.7 Å². The highest BCUT2D eigenvalue weighted by Crippen LogP contribution is 2.25. The molecule has 2 aromatic carbocycles. The molecule has 0 fully saturated rings. The maximum atomic E-state index is 12.6. The van der Waals surface area contributed by atoms with Gasteiger partial charge in [0.05, 0.1) is 23.4 Å². The first-order chi connectivity index (χ1) is 14.0. The van der Waals surface area contributed by atoms with Crippen molar-refractivity contribution < 1.29 is 19.1 Å². The van der Waals surface area contributed by atoms with E-state index in [9.17, 15) is 9.59 Å². The van der Waals surface area contributed by atoms with Crippen LogP contribution in [-0.2, 0) is 22.6 Å². The summed E-state index contributed by atoms with van der Waals surface area (Å²) in [5.41, 5.74) is 3.76. The molecule has 0 N–H and O–H groups in total. The molecule has 0 atom stereocenters. The number of benzene rings is 2. The molecular formula is C24H25NO4. The minimum absolute atomic E-state index is 0.159. The maximum absolute atomic E-state index is 12.6. The van der Waals surface area contributed by atoms with Gasteiger partial charge in [0.1, 0.15) is 18.1 Å². The number of aryl methyl sites for hydroxylation is 2. The highest BCUT2D eigenvalue weighted by Gasteiger charge is 2.20. The molecule has 0 aliphatic heterocycles. The topological polar surface area (TPSA) is 65.5 Å². The lowest BCUT2D eigenvalue weighted by Crippen LogP contribution is -2.14. The monoisotopic (exact) mass is 391 g/mol. The van der Waals surface area contributed by atoms with Crippen molar-refractivity contribution in [1.29, 1.82) is 0 Å². The summed E-state index contributed by atoms with van der Waals surface area (Å²) < 4.78 is 11.2. The van der Waals surface area contributed by atoms with Crippen LogP contribution in [0.2, 0.25) is 0 Å². The lowest BCUT2D eigenvalue weighted by molar-refractivity contribution is -0.116. The number of para-hydroxylation sites is 1. The fourth-order valence-corrected chi connectivity index (χ4v) is 3.24. The summed E-state index contributed by atoms with van der Waals surface area (Å²) in [6, 6.07) is 15.3. The summed E-state index contributed by atoms with van der Waals surface area (Å²) >= 11 is 0. The average molecular weight is 391 g/mol. The van der Waals surface area contributed by atoms with Crippen LogP contribution in [0.15, 0.2) is 48.5 Å². The van der Waals surface area contributed by atoms with Gasteiger partial charge in [-0.1, -0.05) is 30.3 Å². The molecule has 0 radical (unpaired) electrons. The molecule has 3 aromatic rings. The van der Waals surface area contributed by atoms with E-state index in [0.717, 1.165) is 22.0 Å². The highest BCUT2D eigenvalue weighted by molar-refractivity contribution is 5.98. The lowest BCUT2D eigenvalue weighted by atomic mass is 10.0. The van der Waals surface area contributed by atoms with E-state index in [1.807, 2.05) is 55.5 Å². The SMILES string of the molecule is CCOC(=O)c1c(COc2ccc(CCC(C)=O)cc2)nc2ccccc2c1C. The molecule has 0 aliphatic rings. The zero-order valence-corrected chi connectivity index (χ0v) is 17.0. The van der Waals surface area contributed by atoms with Crippen LogP contribution in [0.1, 0.15) is 47.4 Å². The zero-order chi connectivity index (χ0) is 20.8. The van der Waals surface area contributed by atoms with Crippen LogP contribution in [0, 0.1) is 6.92 Å². The molecule has 5 nitrogen and oxygen atoms in total. The normalized spacial score (nSPS) is 10.7. The van der Waals surface area contributed by atoms with Crippen molar-refractivity contribution in [3.8, 4) is 5.75 Å². The number of pyridine rings is 1. The standard InChI is InChI=1S/C24H25NO4/c1-4-28-24(27)23-17(3)20-7-5-6-8-21(20)25-22(23)15-29-19-13-11-18(12-14-19)10-9-16(2)26/h5-8,11-14H,4,9-10,15H2,1-3H3. The number of Topliss-reactive ketones (excluding diaryl/α,β-unsaturated/α-hetero) is 1. The molecule has 29 heavy (non-hydrogen) atoms. The van der Waals surface area contributed by atoms with Crippen molar-refractivity contribution in [1.82, 2.24) is 4.98 Å². The molecule has 0 saturated heterocycles. The number of esters is 1. The summed E-state index contributed by atoms with van der Waals surface area (Å²) in [4.78, 5) is 28.4. The largest absolute Gasteiger partial charge is 0.487 e. The third kappa shape index (κ3) is 4.99. The summed E-state index contributed by atoms with van der Waals surface area (Å²) in [7, 11) is 0. The molecule has 0 aliphatic carbocycles. The first-order valence-corrected chi connectivity index (χ1v) is 9.76. The van der Waals surface area contributed by atoms with Gasteiger partial charge in [0.15, 0.2) is 0 Å². The fourth-order valence-electron chi connectivity index (χ4n) is 3.24. The van der Waals surface area contributed by atoms with Gasteiger partial charge < -0.3 is 14.3 Å². The second-order valence-electron chi connectivity index (χ2n) is 6.93. The average Bonchev–Trinajstić information content (AvgIpc) is 2.71. The van der Waals surface area contributed by atoms with Crippen LogP contribution in [0.4, 0.5) is 0 Å². The summed E-state index contributed by atoms with van der Waals surface area (Å²) in [5.74, 6) is 0.468. The molecular weight excluding hydrogens is 366 g/mol. The van der Waals surface area contributed by atoms with Crippen LogP contribution in [0.3, 0.4) is 0 Å². The maximum Gasteiger partial charge on any atom is 0.340 e. The Morgan fingerprint density at radius 1 is 1.03 bits per heavy atom. The summed E-state index contributed by atoms with van der Waals surface area (Å²) in [6.07, 6.45) is 1.25. The van der Waals surface area contributed by atoms with Gasteiger partial charge in [0.2, 0.25) is 0 Å². The minimum atomic E-state index is -0.388. The molecule has 0 amide bonds. The molecule has 1 heterocycles. The highest BCUT2D eigenvalue weighted by atomic mass is 16.5. The molecule has 0 saturated carbocycles. The van der Waals surface area contributed by atoms with Crippen molar-refractivity contribution in [2.24, 2.45) is 0 Å². The number of carbonyl (C=O) groups excluding carboxylic acids is 2. The summed E-state index contributed by atoms with van der Waals surface area (Å²) in [6.45, 7) is 5.74. The third-order valence-corrected chi connectivity index (χ3v) is 4.77. The van der Waals surface area contributed by atoms with E-state index in [2.05, 4.69) is 4.98 Å². The van der Waals surface area contributed by atoms with Crippen molar-refractivity contribution in [3.63, 3.8) is 0 Å². The van der Waals surface area contributed by atoms with E-state index in [4.69, 9.17) is 9.47 Å². The molecule has 0 spiro atoms. The van der Waals surface area contributed by atoms with E-state index < -0.39 is 0 Å². The Labute approximate surface area is 170 Å². The number of hydrogen-bond acceptors (Lipinski definition) is 5. The molecule has 0 bridgehead atoms. The van der Waals surface area contributed by atoms with Gasteiger partial charge in [-0.15, -0.1) is 0 Å². The molecule has 150 valence electrons. The first-order valence-electron chi connectivity index (χ1n) is 9.76. The zero-order valence-electron chi connectivity index (χ0n) is 17.0. The quantitative estimate of drug-likeness (QED) is 0.515. The molecule has 5 heteroatoms. The number of ether oxygens (including phenoxy) is 2. The van der Waals surface area contributed by atoms with Gasteiger partial charge in [-0.25, -0.2) is 9.78 Å². The van der Waals surface area contributed by atoms with E-state index in [1.54, 1.807) is 13.8 Å². The minimum Gasteiger partial charge on any atom is -0.487 e. The first kappa shape index (κ1) is 20.5. The predicted molar refractivity (Wildman–Crippen MR) is 112 cm³/mol. The van der Waals surface area contributed by atoms with Crippen LogP contribution >= 0.6 is 0 Å². The number of rotatable bonds is 8. The van der Waals surface area contributed by atoms with Gasteiger partial charge in [0, 0.05) is 11.8 Å². The second-order valence-corrected chi connectivity index (χ2v) is 6.93. The van der Waals surface area contributed by atoms with Crippen LogP contribution < -0.4 is 4.74 Å². The molecule has 1 aromatic heterocycles. The van der Waals surface area contributed by atoms with Gasteiger partial charge in [-0.3, -0.25) is 0 Å². The number of nitrogens with zero attached hydrogens (tertiary/aromatic N) is 1. The Morgan fingerprint density at radius 2 is 1.76 bits per heavy atom. The van der Waals surface area contributed by atoms with Crippen molar-refractivity contribution in [2.75, 3.05) is 6.61 Å². The summed E-state index contributed by atoms with van der Waals surface area (Å²) in [5, 5.41) is 0.925. The van der Waals surface area contributed by atoms with Crippen LogP contribution in [-0.4, -0.2) is 23.3 Å². The number of hydrogen-bond donors (Lipinski definition) is 0. The smallest absolute Gasteiger partial charge is 0.340 e. The fraction of sp³-hybridized carbons (Fsp3) is 0.292. The van der Waals surface area contributed by atoms with Crippen molar-refractivity contribution in [3.05, 3.63) is 70.9 Å². The molecule has 3 rings (SSSR count). The van der Waals surface area contributed by atoms with Gasteiger partial charge in [-0.2, -0.15) is 0 Å². The Morgan fingerprint density at radius 3 is 2.45 bits per heavy atom. The van der Waals surface area contributed by atoms with Gasteiger partial charge in [-0.05, 0) is 56.5 Å². The Balaban J connectivity index is 1.84. The van der Waals surface area contributed by atoms with Crippen molar-refractivity contribution in [2.45, 2.75) is 40.2 Å². The van der Waals surface area contributed by atoms with Crippen LogP contribution in [0.5, 0.6) is 5.75 Å². The van der Waals surface area contributed by atoms with Crippen LogP contribution in [0.25, 0.3) is 10.9 Å². The number of ketones is 1. The number of carbonyl (C=O) groups is 2. The third-order valence-electron chi connectivity index (χ3n) is 4.77. The Hall–Kier alpha value is -3.21. The van der Waals surface area contributed by atoms with Gasteiger partial charge >= 0.3 is 5.97 Å². The Bertz CT molecular complexity index is 1020. The van der Waals surface area contributed by atoms with E-state index in [-0.39, 0.29) is 18.4 Å². The number of fused-ring (bicyclic) bond motifs is 1. The van der Waals surface area contributed by atoms with E-state index in [1.165, 1.54) is 0 Å². The second kappa shape index (κ2) is 9.32. The molecule has 0 unspecified atom stereocenters. The lowest BCUT2D eigenvalue weighted by Gasteiger charge is -2.14. The van der Waals surface area contributed by atoms with E-state index in [0.29, 0.717) is 36.5 Å². The predicted octanol–water partition coefficient (Wildman–Crippen LogP) is 4.82. The van der Waals surface area contributed by atoms with Gasteiger partial charge in [0.25, 0.3) is 0 Å². The van der Waals surface area contributed by atoms with E-state index >= 15 is 0 Å². The number of aromatic nitrogens is 1.